The van der Waals surface area contributed by atoms with Gasteiger partial charge in [0.15, 0.2) is 5.11 Å². The molecule has 8 heteroatoms. The van der Waals surface area contributed by atoms with Crippen LogP contribution in [0.15, 0.2) is 30.6 Å². The SMILES string of the molecule is Fc1cccc(Cl)c1Cn1cc(NC(=S)NCC2CCCO2)cn1. The number of thiocarbonyl (C=S) groups is 1. The maximum Gasteiger partial charge on any atom is 0.170 e. The molecule has 5 nitrogen and oxygen atoms in total. The fourth-order valence-corrected chi connectivity index (χ4v) is 2.97. The van der Waals surface area contributed by atoms with Crippen LogP contribution >= 0.6 is 23.8 Å². The topological polar surface area (TPSA) is 51.1 Å². The van der Waals surface area contributed by atoms with Crippen LogP contribution in [0.3, 0.4) is 0 Å². The molecule has 3 rings (SSSR count). The van der Waals surface area contributed by atoms with Crippen molar-refractivity contribution in [3.05, 3.63) is 47.0 Å². The standard InChI is InChI=1S/C16H18ClFN4OS/c17-14-4-1-5-15(18)13(14)10-22-9-11(7-20-22)21-16(24)19-8-12-3-2-6-23-12/h1,4-5,7,9,12H,2-3,6,8,10H2,(H2,19,21,24). The molecule has 0 aliphatic carbocycles. The third-order valence-corrected chi connectivity index (χ3v) is 4.39. The van der Waals surface area contributed by atoms with Crippen LogP contribution in [-0.2, 0) is 11.3 Å². The number of hydrogen-bond acceptors (Lipinski definition) is 3. The Labute approximate surface area is 150 Å². The number of nitrogens with one attached hydrogen (secondary N) is 2. The minimum atomic E-state index is -0.346. The zero-order valence-corrected chi connectivity index (χ0v) is 14.5. The molecule has 1 aliphatic heterocycles. The Bertz CT molecular complexity index is 698. The first-order chi connectivity index (χ1) is 11.6. The summed E-state index contributed by atoms with van der Waals surface area (Å²) in [6.45, 7) is 1.76. The van der Waals surface area contributed by atoms with Crippen LogP contribution in [0.4, 0.5) is 10.1 Å². The average molecular weight is 369 g/mol. The third-order valence-electron chi connectivity index (χ3n) is 3.79. The quantitative estimate of drug-likeness (QED) is 0.794. The van der Waals surface area contributed by atoms with E-state index in [0.29, 0.717) is 22.2 Å². The van der Waals surface area contributed by atoms with Gasteiger partial charge in [0, 0.05) is 29.9 Å². The smallest absolute Gasteiger partial charge is 0.170 e. The van der Waals surface area contributed by atoms with Gasteiger partial charge < -0.3 is 15.4 Å². The van der Waals surface area contributed by atoms with Crippen LogP contribution in [0.1, 0.15) is 18.4 Å². The first-order valence-electron chi connectivity index (χ1n) is 7.73. The van der Waals surface area contributed by atoms with E-state index >= 15 is 0 Å². The van der Waals surface area contributed by atoms with Crippen molar-refractivity contribution >= 4 is 34.6 Å². The minimum Gasteiger partial charge on any atom is -0.376 e. The van der Waals surface area contributed by atoms with Gasteiger partial charge in [0.05, 0.1) is 24.5 Å². The Morgan fingerprint density at radius 3 is 3.12 bits per heavy atom. The molecule has 24 heavy (non-hydrogen) atoms. The van der Waals surface area contributed by atoms with Gasteiger partial charge in [0.2, 0.25) is 0 Å². The van der Waals surface area contributed by atoms with Gasteiger partial charge in [-0.15, -0.1) is 0 Å². The van der Waals surface area contributed by atoms with Crippen molar-refractivity contribution in [1.82, 2.24) is 15.1 Å². The van der Waals surface area contributed by atoms with Crippen molar-refractivity contribution in [2.24, 2.45) is 0 Å². The minimum absolute atomic E-state index is 0.218. The molecule has 0 bridgehead atoms. The van der Waals surface area contributed by atoms with Crippen LogP contribution in [0.25, 0.3) is 0 Å². The number of nitrogens with zero attached hydrogens (tertiary/aromatic N) is 2. The molecule has 1 aromatic heterocycles. The van der Waals surface area contributed by atoms with Crippen molar-refractivity contribution < 1.29 is 9.13 Å². The normalized spacial score (nSPS) is 17.0. The number of aromatic nitrogens is 2. The van der Waals surface area contributed by atoms with Gasteiger partial charge in [0.25, 0.3) is 0 Å². The molecule has 1 unspecified atom stereocenters. The highest BCUT2D eigenvalue weighted by molar-refractivity contribution is 7.80. The fourth-order valence-electron chi connectivity index (χ4n) is 2.55. The summed E-state index contributed by atoms with van der Waals surface area (Å²) in [6, 6.07) is 4.62. The lowest BCUT2D eigenvalue weighted by molar-refractivity contribution is 0.114. The maximum atomic E-state index is 13.8. The van der Waals surface area contributed by atoms with E-state index in [2.05, 4.69) is 15.7 Å². The predicted octanol–water partition coefficient (Wildman–Crippen LogP) is 3.19. The molecule has 0 amide bonds. The monoisotopic (exact) mass is 368 g/mol. The second-order valence-corrected chi connectivity index (χ2v) is 6.41. The van der Waals surface area contributed by atoms with Crippen molar-refractivity contribution in [3.63, 3.8) is 0 Å². The summed E-state index contributed by atoms with van der Waals surface area (Å²) in [7, 11) is 0. The second kappa shape index (κ2) is 7.92. The van der Waals surface area contributed by atoms with Crippen LogP contribution < -0.4 is 10.6 Å². The van der Waals surface area contributed by atoms with E-state index in [1.165, 1.54) is 6.07 Å². The first-order valence-corrected chi connectivity index (χ1v) is 8.52. The van der Waals surface area contributed by atoms with Crippen LogP contribution in [0, 0.1) is 5.82 Å². The molecule has 1 atom stereocenters. The molecular weight excluding hydrogens is 351 g/mol. The summed E-state index contributed by atoms with van der Waals surface area (Å²) in [6.07, 6.45) is 5.75. The Hall–Kier alpha value is -1.70. The zero-order valence-electron chi connectivity index (χ0n) is 13.0. The molecular formula is C16H18ClFN4OS. The van der Waals surface area contributed by atoms with E-state index in [-0.39, 0.29) is 18.5 Å². The van der Waals surface area contributed by atoms with Crippen molar-refractivity contribution in [2.75, 3.05) is 18.5 Å². The summed E-state index contributed by atoms with van der Waals surface area (Å²) < 4.78 is 21.0. The molecule has 1 aliphatic rings. The highest BCUT2D eigenvalue weighted by Crippen LogP contribution is 2.20. The molecule has 2 N–H and O–H groups in total. The molecule has 1 fully saturated rings. The second-order valence-electron chi connectivity index (χ2n) is 5.60. The lowest BCUT2D eigenvalue weighted by atomic mass is 10.2. The summed E-state index contributed by atoms with van der Waals surface area (Å²) in [5.74, 6) is -0.346. The fraction of sp³-hybridized carbons (Fsp3) is 0.375. The van der Waals surface area contributed by atoms with E-state index in [1.54, 1.807) is 29.2 Å². The Balaban J connectivity index is 1.54. The van der Waals surface area contributed by atoms with Gasteiger partial charge in [0.1, 0.15) is 5.82 Å². The number of ether oxygens (including phenoxy) is 1. The first kappa shape index (κ1) is 17.1. The lowest BCUT2D eigenvalue weighted by Crippen LogP contribution is -2.34. The number of rotatable bonds is 5. The molecule has 2 aromatic rings. The van der Waals surface area contributed by atoms with E-state index in [4.69, 9.17) is 28.6 Å². The van der Waals surface area contributed by atoms with Gasteiger partial charge in [-0.1, -0.05) is 17.7 Å². The zero-order chi connectivity index (χ0) is 16.9. The Morgan fingerprint density at radius 2 is 2.38 bits per heavy atom. The summed E-state index contributed by atoms with van der Waals surface area (Å²) >= 11 is 11.3. The number of anilines is 1. The van der Waals surface area contributed by atoms with Gasteiger partial charge in [-0.2, -0.15) is 5.10 Å². The number of benzene rings is 1. The molecule has 0 saturated carbocycles. The van der Waals surface area contributed by atoms with Gasteiger partial charge in [-0.25, -0.2) is 4.39 Å². The largest absolute Gasteiger partial charge is 0.376 e. The van der Waals surface area contributed by atoms with Gasteiger partial charge in [-0.05, 0) is 37.2 Å². The molecule has 0 radical (unpaired) electrons. The molecule has 2 heterocycles. The number of hydrogen-bond donors (Lipinski definition) is 2. The molecule has 1 saturated heterocycles. The summed E-state index contributed by atoms with van der Waals surface area (Å²) in [5.41, 5.74) is 1.14. The van der Waals surface area contributed by atoms with Crippen LogP contribution in [0.2, 0.25) is 5.02 Å². The van der Waals surface area contributed by atoms with E-state index in [1.807, 2.05) is 0 Å². The van der Waals surface area contributed by atoms with E-state index in [9.17, 15) is 4.39 Å². The molecule has 0 spiro atoms. The van der Waals surface area contributed by atoms with E-state index in [0.717, 1.165) is 25.1 Å². The van der Waals surface area contributed by atoms with Crippen molar-refractivity contribution in [3.8, 4) is 0 Å². The Kier molecular flexibility index (Phi) is 5.65. The molecule has 1 aromatic carbocycles. The van der Waals surface area contributed by atoms with Crippen LogP contribution in [0.5, 0.6) is 0 Å². The van der Waals surface area contributed by atoms with Crippen molar-refractivity contribution in [1.29, 1.82) is 0 Å². The lowest BCUT2D eigenvalue weighted by Gasteiger charge is -2.13. The predicted molar refractivity (Wildman–Crippen MR) is 95.9 cm³/mol. The summed E-state index contributed by atoms with van der Waals surface area (Å²) in [4.78, 5) is 0. The van der Waals surface area contributed by atoms with E-state index < -0.39 is 0 Å². The van der Waals surface area contributed by atoms with Crippen LogP contribution in [-0.4, -0.2) is 34.1 Å². The summed E-state index contributed by atoms with van der Waals surface area (Å²) in [5, 5.41) is 11.3. The van der Waals surface area contributed by atoms with Crippen molar-refractivity contribution in [2.45, 2.75) is 25.5 Å². The molecule has 128 valence electrons. The average Bonchev–Trinajstić information content (AvgIpc) is 3.21. The third kappa shape index (κ3) is 4.43. The highest BCUT2D eigenvalue weighted by atomic mass is 35.5. The maximum absolute atomic E-state index is 13.8. The Morgan fingerprint density at radius 1 is 1.50 bits per heavy atom. The van der Waals surface area contributed by atoms with Gasteiger partial charge >= 0.3 is 0 Å². The highest BCUT2D eigenvalue weighted by Gasteiger charge is 2.15. The van der Waals surface area contributed by atoms with Gasteiger partial charge in [-0.3, -0.25) is 4.68 Å². The number of halogens is 2.